The Bertz CT molecular complexity index is 573. The van der Waals surface area contributed by atoms with Gasteiger partial charge in [-0.05, 0) is 38.2 Å². The molecule has 0 heterocycles. The van der Waals surface area contributed by atoms with E-state index >= 15 is 0 Å². The van der Waals surface area contributed by atoms with Crippen molar-refractivity contribution in [1.29, 1.82) is 0 Å². The molecule has 0 aromatic heterocycles. The summed E-state index contributed by atoms with van der Waals surface area (Å²) in [5.41, 5.74) is 5.54. The van der Waals surface area contributed by atoms with Gasteiger partial charge in [-0.1, -0.05) is 20.3 Å². The van der Waals surface area contributed by atoms with E-state index in [-0.39, 0.29) is 12.3 Å². The van der Waals surface area contributed by atoms with E-state index in [0.717, 1.165) is 0 Å². The molecule has 0 aliphatic heterocycles. The van der Waals surface area contributed by atoms with Crippen LogP contribution in [-0.2, 0) is 19.2 Å². The minimum atomic E-state index is -1.38. The van der Waals surface area contributed by atoms with Crippen LogP contribution < -0.4 is 21.7 Å². The van der Waals surface area contributed by atoms with Crippen LogP contribution in [0.25, 0.3) is 0 Å². The molecule has 0 fully saturated rings. The fourth-order valence-electron chi connectivity index (χ4n) is 2.39. The van der Waals surface area contributed by atoms with Gasteiger partial charge in [0.15, 0.2) is 0 Å². The Morgan fingerprint density at radius 3 is 1.90 bits per heavy atom. The Labute approximate surface area is 175 Å². The molecule has 0 saturated carbocycles. The van der Waals surface area contributed by atoms with Gasteiger partial charge in [-0.15, -0.1) is 0 Å². The lowest BCUT2D eigenvalue weighted by Crippen LogP contribution is -2.60. The van der Waals surface area contributed by atoms with Gasteiger partial charge in [-0.2, -0.15) is 11.8 Å². The number of aliphatic carboxylic acids is 1. The maximum Gasteiger partial charge on any atom is 0.326 e. The molecule has 0 spiro atoms. The Hall–Kier alpha value is -1.85. The van der Waals surface area contributed by atoms with Crippen molar-refractivity contribution in [3.63, 3.8) is 0 Å². The van der Waals surface area contributed by atoms with Crippen LogP contribution in [0.4, 0.5) is 0 Å². The first-order chi connectivity index (χ1) is 13.5. The predicted octanol–water partition coefficient (Wildman–Crippen LogP) is -0.947. The smallest absolute Gasteiger partial charge is 0.326 e. The molecular weight excluding hydrogens is 400 g/mol. The number of carboxylic acid groups (broad SMARTS) is 1. The highest BCUT2D eigenvalue weighted by Gasteiger charge is 2.33. The number of aliphatic hydroxyl groups is 1. The summed E-state index contributed by atoms with van der Waals surface area (Å²) in [5.74, 6) is -2.95. The Kier molecular flexibility index (Phi) is 12.5. The summed E-state index contributed by atoms with van der Waals surface area (Å²) in [4.78, 5) is 48.5. The molecule has 0 aromatic carbocycles. The fraction of sp³-hybridized carbons (Fsp3) is 0.778. The van der Waals surface area contributed by atoms with Gasteiger partial charge in [0, 0.05) is 0 Å². The molecule has 6 unspecified atom stereocenters. The third-order valence-electron chi connectivity index (χ3n) is 4.49. The van der Waals surface area contributed by atoms with E-state index < -0.39 is 54.0 Å². The quantitative estimate of drug-likeness (QED) is 0.215. The summed E-state index contributed by atoms with van der Waals surface area (Å²) in [6.07, 6.45) is 1.29. The third-order valence-corrected chi connectivity index (χ3v) is 5.14. The lowest BCUT2D eigenvalue weighted by Gasteiger charge is -2.28. The first kappa shape index (κ1) is 27.1. The van der Waals surface area contributed by atoms with E-state index in [0.29, 0.717) is 12.2 Å². The van der Waals surface area contributed by atoms with Crippen molar-refractivity contribution >= 4 is 35.5 Å². The summed E-state index contributed by atoms with van der Waals surface area (Å²) in [7, 11) is 0. The molecule has 0 rings (SSSR count). The Morgan fingerprint density at radius 2 is 1.48 bits per heavy atom. The standard InChI is InChI=1S/C18H34N4O6S/c1-6-9(2)13(21-15(24)10(3)19)16(25)22-14(11(4)23)17(26)20-12(18(27)28)7-8-29-5/h9-14,23H,6-8,19H2,1-5H3,(H,20,26)(H,21,24)(H,22,25)(H,27,28). The predicted molar refractivity (Wildman–Crippen MR) is 111 cm³/mol. The van der Waals surface area contributed by atoms with Crippen molar-refractivity contribution in [3.8, 4) is 0 Å². The van der Waals surface area contributed by atoms with E-state index in [1.54, 1.807) is 6.92 Å². The molecule has 0 radical (unpaired) electrons. The van der Waals surface area contributed by atoms with Crippen molar-refractivity contribution in [2.24, 2.45) is 11.7 Å². The van der Waals surface area contributed by atoms with Crippen molar-refractivity contribution < 1.29 is 29.4 Å². The highest BCUT2D eigenvalue weighted by Crippen LogP contribution is 2.10. The monoisotopic (exact) mass is 434 g/mol. The highest BCUT2D eigenvalue weighted by atomic mass is 32.2. The SMILES string of the molecule is CCC(C)C(NC(=O)C(C)N)C(=O)NC(C(=O)NC(CCSC)C(=O)O)C(C)O. The van der Waals surface area contributed by atoms with Gasteiger partial charge in [-0.25, -0.2) is 4.79 Å². The first-order valence-corrected chi connectivity index (χ1v) is 10.9. The van der Waals surface area contributed by atoms with E-state index in [4.69, 9.17) is 5.73 Å². The normalized spacial score (nSPS) is 17.2. The number of nitrogens with one attached hydrogen (secondary N) is 3. The van der Waals surface area contributed by atoms with Crippen LogP contribution in [0.15, 0.2) is 0 Å². The first-order valence-electron chi connectivity index (χ1n) is 9.52. The molecule has 29 heavy (non-hydrogen) atoms. The highest BCUT2D eigenvalue weighted by molar-refractivity contribution is 7.98. The van der Waals surface area contributed by atoms with Crippen LogP contribution in [0, 0.1) is 5.92 Å². The van der Waals surface area contributed by atoms with Gasteiger partial charge < -0.3 is 31.9 Å². The van der Waals surface area contributed by atoms with E-state index in [1.807, 2.05) is 13.2 Å². The van der Waals surface area contributed by atoms with Gasteiger partial charge >= 0.3 is 5.97 Å². The lowest BCUT2D eigenvalue weighted by molar-refractivity contribution is -0.143. The number of carbonyl (C=O) groups is 4. The number of carboxylic acids is 1. The summed E-state index contributed by atoms with van der Waals surface area (Å²) in [6, 6.07) is -4.30. The molecule has 0 aliphatic rings. The Morgan fingerprint density at radius 1 is 0.966 bits per heavy atom. The van der Waals surface area contributed by atoms with Crippen LogP contribution >= 0.6 is 11.8 Å². The topological polar surface area (TPSA) is 171 Å². The largest absolute Gasteiger partial charge is 0.480 e. The Balaban J connectivity index is 5.35. The number of rotatable bonds is 13. The van der Waals surface area contributed by atoms with Gasteiger partial charge in [0.2, 0.25) is 17.7 Å². The van der Waals surface area contributed by atoms with Gasteiger partial charge in [-0.3, -0.25) is 14.4 Å². The lowest BCUT2D eigenvalue weighted by atomic mass is 9.97. The van der Waals surface area contributed by atoms with Gasteiger partial charge in [0.05, 0.1) is 12.1 Å². The molecule has 11 heteroatoms. The average Bonchev–Trinajstić information content (AvgIpc) is 2.65. The molecule has 10 nitrogen and oxygen atoms in total. The zero-order valence-corrected chi connectivity index (χ0v) is 18.4. The minimum Gasteiger partial charge on any atom is -0.480 e. The number of thioether (sulfide) groups is 1. The number of hydrogen-bond acceptors (Lipinski definition) is 7. The zero-order chi connectivity index (χ0) is 22.7. The van der Waals surface area contributed by atoms with Crippen LogP contribution in [0.1, 0.15) is 40.5 Å². The second-order valence-electron chi connectivity index (χ2n) is 7.07. The number of amides is 3. The number of hydrogen-bond donors (Lipinski definition) is 6. The number of aliphatic hydroxyl groups excluding tert-OH is 1. The molecule has 0 aromatic rings. The maximum absolute atomic E-state index is 12.7. The number of carbonyl (C=O) groups excluding carboxylic acids is 3. The summed E-state index contributed by atoms with van der Waals surface area (Å²) in [5, 5.41) is 26.6. The van der Waals surface area contributed by atoms with Gasteiger partial charge in [0.25, 0.3) is 0 Å². The zero-order valence-electron chi connectivity index (χ0n) is 17.6. The van der Waals surface area contributed by atoms with E-state index in [1.165, 1.54) is 25.6 Å². The molecular formula is C18H34N4O6S. The minimum absolute atomic E-state index is 0.197. The molecule has 6 atom stereocenters. The second kappa shape index (κ2) is 13.4. The van der Waals surface area contributed by atoms with Crippen LogP contribution in [0.3, 0.4) is 0 Å². The third kappa shape index (κ3) is 9.46. The van der Waals surface area contributed by atoms with Crippen LogP contribution in [0.2, 0.25) is 0 Å². The van der Waals surface area contributed by atoms with Crippen LogP contribution in [0.5, 0.6) is 0 Å². The van der Waals surface area contributed by atoms with E-state index in [9.17, 15) is 29.4 Å². The van der Waals surface area contributed by atoms with Crippen molar-refractivity contribution in [2.45, 2.75) is 70.8 Å². The molecule has 3 amide bonds. The second-order valence-corrected chi connectivity index (χ2v) is 8.05. The van der Waals surface area contributed by atoms with Crippen molar-refractivity contribution in [1.82, 2.24) is 16.0 Å². The van der Waals surface area contributed by atoms with Crippen molar-refractivity contribution in [3.05, 3.63) is 0 Å². The van der Waals surface area contributed by atoms with Crippen molar-refractivity contribution in [2.75, 3.05) is 12.0 Å². The summed E-state index contributed by atoms with van der Waals surface area (Å²) >= 11 is 1.43. The maximum atomic E-state index is 12.7. The van der Waals surface area contributed by atoms with E-state index in [2.05, 4.69) is 16.0 Å². The molecule has 168 valence electrons. The molecule has 0 saturated heterocycles. The molecule has 7 N–H and O–H groups in total. The molecule has 0 bridgehead atoms. The summed E-state index contributed by atoms with van der Waals surface area (Å²) in [6.45, 7) is 6.38. The summed E-state index contributed by atoms with van der Waals surface area (Å²) < 4.78 is 0. The van der Waals surface area contributed by atoms with Gasteiger partial charge in [0.1, 0.15) is 18.1 Å². The average molecular weight is 435 g/mol. The number of nitrogens with two attached hydrogens (primary N) is 1. The van der Waals surface area contributed by atoms with Crippen LogP contribution in [-0.4, -0.2) is 76.2 Å². The fourth-order valence-corrected chi connectivity index (χ4v) is 2.86. The molecule has 0 aliphatic carbocycles.